The van der Waals surface area contributed by atoms with E-state index in [1.54, 1.807) is 0 Å². The van der Waals surface area contributed by atoms with Gasteiger partial charge < -0.3 is 9.47 Å². The van der Waals surface area contributed by atoms with Gasteiger partial charge in [-0.25, -0.2) is 0 Å². The van der Waals surface area contributed by atoms with E-state index in [1.807, 2.05) is 6.92 Å². The summed E-state index contributed by atoms with van der Waals surface area (Å²) in [5, 5.41) is 0. The van der Waals surface area contributed by atoms with E-state index >= 15 is 0 Å². The van der Waals surface area contributed by atoms with Crippen LogP contribution in [0.3, 0.4) is 0 Å². The predicted molar refractivity (Wildman–Crippen MR) is 33.4 cm³/mol. The second-order valence-electron chi connectivity index (χ2n) is 2.97. The van der Waals surface area contributed by atoms with Gasteiger partial charge in [-0.15, -0.1) is 0 Å². The quantitative estimate of drug-likeness (QED) is 0.489. The highest BCUT2D eigenvalue weighted by Gasteiger charge is 2.40. The molecule has 0 spiro atoms. The molecule has 3 atom stereocenters. The maximum Gasteiger partial charge on any atom is 0.164 e. The second-order valence-corrected chi connectivity index (χ2v) is 2.97. The minimum Gasteiger partial charge on any atom is -0.349 e. The van der Waals surface area contributed by atoms with Gasteiger partial charge in [0.25, 0.3) is 0 Å². The average Bonchev–Trinajstić information content (AvgIpc) is 2.28. The first-order valence-corrected chi connectivity index (χ1v) is 3.57. The van der Waals surface area contributed by atoms with Crippen LogP contribution in [0.2, 0.25) is 0 Å². The lowest BCUT2D eigenvalue weighted by molar-refractivity contribution is -0.150. The lowest BCUT2D eigenvalue weighted by atomic mass is 10.00. The van der Waals surface area contributed by atoms with Gasteiger partial charge in [0.1, 0.15) is 6.10 Å². The summed E-state index contributed by atoms with van der Waals surface area (Å²) in [5.74, 6) is 0.438. The van der Waals surface area contributed by atoms with Crippen molar-refractivity contribution in [3.8, 4) is 0 Å². The number of ether oxygens (including phenoxy) is 2. The zero-order valence-corrected chi connectivity index (χ0v) is 5.87. The van der Waals surface area contributed by atoms with E-state index in [9.17, 15) is 4.79 Å². The van der Waals surface area contributed by atoms with Crippen molar-refractivity contribution < 1.29 is 14.3 Å². The summed E-state index contributed by atoms with van der Waals surface area (Å²) in [5.41, 5.74) is 0. The third-order valence-electron chi connectivity index (χ3n) is 2.06. The Labute approximate surface area is 59.3 Å². The van der Waals surface area contributed by atoms with Crippen molar-refractivity contribution in [1.82, 2.24) is 0 Å². The normalized spacial score (nSPS) is 46.1. The molecule has 0 saturated carbocycles. The molecule has 2 aliphatic heterocycles. The Hall–Kier alpha value is -0.410. The Morgan fingerprint density at radius 1 is 1.60 bits per heavy atom. The third kappa shape index (κ3) is 0.777. The zero-order valence-electron chi connectivity index (χ0n) is 5.87. The molecule has 2 rings (SSSR count). The number of carbonyl (C=O) groups is 1. The van der Waals surface area contributed by atoms with Crippen molar-refractivity contribution >= 4 is 5.78 Å². The fraction of sp³-hybridized carbons (Fsp3) is 0.857. The SMILES string of the molecule is C[C@H]1CC(=O)[C@H]2CO[C@H]1O2. The van der Waals surface area contributed by atoms with E-state index in [-0.39, 0.29) is 24.1 Å². The van der Waals surface area contributed by atoms with E-state index in [0.29, 0.717) is 13.0 Å². The molecule has 2 bridgehead atoms. The van der Waals surface area contributed by atoms with Crippen LogP contribution >= 0.6 is 0 Å². The van der Waals surface area contributed by atoms with Gasteiger partial charge in [-0.3, -0.25) is 4.79 Å². The summed E-state index contributed by atoms with van der Waals surface area (Å²) >= 11 is 0. The van der Waals surface area contributed by atoms with Gasteiger partial charge in [0, 0.05) is 12.3 Å². The van der Waals surface area contributed by atoms with Crippen LogP contribution in [0.25, 0.3) is 0 Å². The molecule has 2 heterocycles. The highest BCUT2D eigenvalue weighted by Crippen LogP contribution is 2.28. The number of hydrogen-bond acceptors (Lipinski definition) is 3. The van der Waals surface area contributed by atoms with Crippen molar-refractivity contribution in [3.63, 3.8) is 0 Å². The minimum atomic E-state index is -0.249. The third-order valence-corrected chi connectivity index (χ3v) is 2.06. The zero-order chi connectivity index (χ0) is 7.14. The van der Waals surface area contributed by atoms with Gasteiger partial charge in [-0.1, -0.05) is 6.92 Å². The lowest BCUT2D eigenvalue weighted by Gasteiger charge is -2.22. The molecule has 0 unspecified atom stereocenters. The van der Waals surface area contributed by atoms with Crippen LogP contribution < -0.4 is 0 Å². The van der Waals surface area contributed by atoms with Gasteiger partial charge in [-0.2, -0.15) is 0 Å². The van der Waals surface area contributed by atoms with Gasteiger partial charge in [0.2, 0.25) is 0 Å². The summed E-state index contributed by atoms with van der Waals surface area (Å²) in [4.78, 5) is 11.1. The van der Waals surface area contributed by atoms with Crippen molar-refractivity contribution in [2.75, 3.05) is 6.61 Å². The smallest absolute Gasteiger partial charge is 0.164 e. The maximum absolute atomic E-state index is 11.1. The Morgan fingerprint density at radius 2 is 2.40 bits per heavy atom. The first-order valence-electron chi connectivity index (χ1n) is 3.57. The van der Waals surface area contributed by atoms with Crippen molar-refractivity contribution in [3.05, 3.63) is 0 Å². The van der Waals surface area contributed by atoms with Gasteiger partial charge in [-0.05, 0) is 0 Å². The average molecular weight is 142 g/mol. The molecule has 0 aromatic heterocycles. The number of hydrogen-bond donors (Lipinski definition) is 0. The van der Waals surface area contributed by atoms with Crippen LogP contribution in [0.15, 0.2) is 0 Å². The molecular weight excluding hydrogens is 132 g/mol. The van der Waals surface area contributed by atoms with E-state index in [4.69, 9.17) is 9.47 Å². The first-order chi connectivity index (χ1) is 4.77. The fourth-order valence-corrected chi connectivity index (χ4v) is 1.43. The molecular formula is C7H10O3. The summed E-state index contributed by atoms with van der Waals surface area (Å²) in [6.45, 7) is 2.44. The number of fused-ring (bicyclic) bond motifs is 2. The van der Waals surface area contributed by atoms with Gasteiger partial charge >= 0.3 is 0 Å². The molecule has 0 N–H and O–H groups in total. The van der Waals surface area contributed by atoms with Crippen molar-refractivity contribution in [2.45, 2.75) is 25.7 Å². The molecule has 3 nitrogen and oxygen atoms in total. The molecule has 2 aliphatic rings. The molecule has 2 fully saturated rings. The Kier molecular flexibility index (Phi) is 1.28. The highest BCUT2D eigenvalue weighted by molar-refractivity contribution is 5.84. The maximum atomic E-state index is 11.1. The molecule has 0 aromatic rings. The highest BCUT2D eigenvalue weighted by atomic mass is 16.7. The summed E-state index contributed by atoms with van der Waals surface area (Å²) in [6.07, 6.45) is 0.263. The molecule has 3 heteroatoms. The minimum absolute atomic E-state index is 0.109. The molecule has 0 amide bonds. The largest absolute Gasteiger partial charge is 0.349 e. The molecule has 0 aromatic carbocycles. The number of carbonyl (C=O) groups excluding carboxylic acids is 1. The second kappa shape index (κ2) is 2.04. The molecule has 0 radical (unpaired) electrons. The predicted octanol–water partition coefficient (Wildman–Crippen LogP) is 0.337. The Morgan fingerprint density at radius 3 is 3.20 bits per heavy atom. The summed E-state index contributed by atoms with van der Waals surface area (Å²) < 4.78 is 10.5. The van der Waals surface area contributed by atoms with Crippen LogP contribution in [0.5, 0.6) is 0 Å². The molecule has 10 heavy (non-hydrogen) atoms. The van der Waals surface area contributed by atoms with E-state index in [0.717, 1.165) is 0 Å². The topological polar surface area (TPSA) is 35.5 Å². The van der Waals surface area contributed by atoms with E-state index < -0.39 is 0 Å². The fourth-order valence-electron chi connectivity index (χ4n) is 1.43. The van der Waals surface area contributed by atoms with Crippen LogP contribution in [0, 0.1) is 5.92 Å². The van der Waals surface area contributed by atoms with Crippen LogP contribution in [-0.4, -0.2) is 24.8 Å². The molecule has 56 valence electrons. The Bertz CT molecular complexity index is 166. The van der Waals surface area contributed by atoms with E-state index in [1.165, 1.54) is 0 Å². The van der Waals surface area contributed by atoms with Crippen LogP contribution in [0.1, 0.15) is 13.3 Å². The first kappa shape index (κ1) is 6.31. The van der Waals surface area contributed by atoms with Crippen LogP contribution in [-0.2, 0) is 14.3 Å². The van der Waals surface area contributed by atoms with Crippen molar-refractivity contribution in [1.29, 1.82) is 0 Å². The standard InChI is InChI=1S/C7H10O3/c1-4-2-5(8)6-3-9-7(4)10-6/h4,6-7H,2-3H2,1H3/t4-,6+,7-/m0/s1. The summed E-state index contributed by atoms with van der Waals surface area (Å²) in [7, 11) is 0. The van der Waals surface area contributed by atoms with Crippen molar-refractivity contribution in [2.24, 2.45) is 5.92 Å². The lowest BCUT2D eigenvalue weighted by Crippen LogP contribution is -2.33. The monoisotopic (exact) mass is 142 g/mol. The number of Topliss-reactive ketones (excluding diaryl/α,β-unsaturated/α-hetero) is 1. The van der Waals surface area contributed by atoms with Gasteiger partial charge in [0.15, 0.2) is 12.1 Å². The number of ketones is 1. The van der Waals surface area contributed by atoms with Crippen LogP contribution in [0.4, 0.5) is 0 Å². The Balaban J connectivity index is 2.16. The molecule has 2 saturated heterocycles. The number of rotatable bonds is 0. The molecule has 0 aliphatic carbocycles. The van der Waals surface area contributed by atoms with E-state index in [2.05, 4.69) is 0 Å². The summed E-state index contributed by atoms with van der Waals surface area (Å²) in [6, 6.07) is 0. The van der Waals surface area contributed by atoms with Gasteiger partial charge in [0.05, 0.1) is 6.61 Å².